The number of aryl methyl sites for hydroxylation is 3. The molecule has 0 unspecified atom stereocenters. The Balaban J connectivity index is 0.000000224. The fourth-order valence-corrected chi connectivity index (χ4v) is 3.69. The summed E-state index contributed by atoms with van der Waals surface area (Å²) in [4.78, 5) is 0. The molecule has 0 amide bonds. The maximum atomic E-state index is 9.11. The third-order valence-corrected chi connectivity index (χ3v) is 6.18. The van der Waals surface area contributed by atoms with Gasteiger partial charge >= 0.3 is 0 Å². The molecular weight excluding hydrogens is 488 g/mol. The van der Waals surface area contributed by atoms with Crippen LogP contribution < -0.4 is 4.74 Å². The molecule has 4 aromatic rings. The lowest BCUT2D eigenvalue weighted by Gasteiger charge is -2.10. The van der Waals surface area contributed by atoms with Gasteiger partial charge in [-0.25, -0.2) is 0 Å². The normalized spacial score (nSPS) is 9.84. The van der Waals surface area contributed by atoms with Crippen molar-refractivity contribution in [1.82, 2.24) is 0 Å². The number of para-hydroxylation sites is 1. The molecule has 2 nitrogen and oxygen atoms in total. The summed E-state index contributed by atoms with van der Waals surface area (Å²) in [6, 6.07) is 29.6. The predicted molar refractivity (Wildman–Crippen MR) is 165 cm³/mol. The minimum Gasteiger partial charge on any atom is -0.508 e. The highest BCUT2D eigenvalue weighted by Gasteiger charge is 2.03. The maximum absolute atomic E-state index is 9.11. The van der Waals surface area contributed by atoms with Crippen molar-refractivity contribution in [2.24, 2.45) is 0 Å². The highest BCUT2D eigenvalue weighted by Crippen LogP contribution is 2.24. The van der Waals surface area contributed by atoms with E-state index in [-0.39, 0.29) is 0 Å². The third kappa shape index (κ3) is 10.3. The minimum absolute atomic E-state index is 0.403. The quantitative estimate of drug-likeness (QED) is 0.271. The van der Waals surface area contributed by atoms with Crippen molar-refractivity contribution in [3.63, 3.8) is 0 Å². The van der Waals surface area contributed by atoms with Gasteiger partial charge in [0.2, 0.25) is 0 Å². The van der Waals surface area contributed by atoms with Crippen molar-refractivity contribution >= 4 is 22.7 Å². The summed E-state index contributed by atoms with van der Waals surface area (Å²) in [5.74, 6) is 1.25. The summed E-state index contributed by atoms with van der Waals surface area (Å²) < 4.78 is 5.82. The van der Waals surface area contributed by atoms with Crippen LogP contribution >= 0.6 is 11.6 Å². The molecule has 0 aromatic heterocycles. The molecule has 0 aliphatic rings. The zero-order chi connectivity index (χ0) is 28.1. The van der Waals surface area contributed by atoms with Crippen LogP contribution in [-0.2, 0) is 13.0 Å². The highest BCUT2D eigenvalue weighted by molar-refractivity contribution is 6.31. The van der Waals surface area contributed by atoms with E-state index in [0.717, 1.165) is 50.6 Å². The van der Waals surface area contributed by atoms with Gasteiger partial charge in [-0.15, -0.1) is 0 Å². The maximum Gasteiger partial charge on any atom is 0.120 e. The van der Waals surface area contributed by atoms with Gasteiger partial charge < -0.3 is 9.84 Å². The van der Waals surface area contributed by atoms with Crippen molar-refractivity contribution in [2.45, 2.75) is 47.6 Å². The highest BCUT2D eigenvalue weighted by atomic mass is 35.5. The van der Waals surface area contributed by atoms with Crippen molar-refractivity contribution in [3.8, 4) is 11.5 Å². The zero-order valence-corrected chi connectivity index (χ0v) is 24.0. The molecule has 0 radical (unpaired) electrons. The van der Waals surface area contributed by atoms with E-state index in [1.54, 1.807) is 6.07 Å². The number of phenols is 1. The second-order valence-electron chi connectivity index (χ2n) is 9.32. The van der Waals surface area contributed by atoms with Crippen molar-refractivity contribution < 1.29 is 9.84 Å². The van der Waals surface area contributed by atoms with Crippen molar-refractivity contribution in [2.75, 3.05) is 0 Å². The second kappa shape index (κ2) is 15.5. The van der Waals surface area contributed by atoms with Gasteiger partial charge in [-0.05, 0) is 80.6 Å². The molecule has 0 aliphatic carbocycles. The Morgan fingerprint density at radius 2 is 1.32 bits per heavy atom. The first-order valence-electron chi connectivity index (χ1n) is 12.7. The van der Waals surface area contributed by atoms with Crippen LogP contribution in [-0.4, -0.2) is 5.11 Å². The average Bonchev–Trinajstić information content (AvgIpc) is 2.89. The van der Waals surface area contributed by atoms with Gasteiger partial charge in [-0.2, -0.15) is 0 Å². The van der Waals surface area contributed by atoms with Gasteiger partial charge in [0.1, 0.15) is 18.1 Å². The van der Waals surface area contributed by atoms with Crippen molar-refractivity contribution in [3.05, 3.63) is 143 Å². The number of hydrogen-bond acceptors (Lipinski definition) is 2. The second-order valence-corrected chi connectivity index (χ2v) is 9.73. The van der Waals surface area contributed by atoms with Gasteiger partial charge in [-0.1, -0.05) is 115 Å². The first-order valence-corrected chi connectivity index (χ1v) is 13.1. The summed E-state index contributed by atoms with van der Waals surface area (Å²) in [7, 11) is 0. The standard InChI is InChI=1S/C17H17ClO.C10H12.C8H10O/c1-12(2)15-8-13(3)9-16(10-15)19-11-14-6-4-5-7-17(14)18;1-8(2)10-6-4-9(3)5-7-10;1-2-7-5-3-4-6-8(7)9/h4-10H,1,11H2,2-3H3;4-7H,1H2,2-3H3;3-6,9H,2H2,1H3. The fraction of sp³-hybridized carbons (Fsp3) is 0.200. The molecule has 38 heavy (non-hydrogen) atoms. The Morgan fingerprint density at radius 1 is 0.737 bits per heavy atom. The number of benzene rings is 4. The number of aromatic hydroxyl groups is 1. The summed E-state index contributed by atoms with van der Waals surface area (Å²) in [6.07, 6.45) is 0.896. The van der Waals surface area contributed by atoms with Crippen LogP contribution in [0.5, 0.6) is 11.5 Å². The Hall–Kier alpha value is -3.75. The zero-order valence-electron chi connectivity index (χ0n) is 23.2. The predicted octanol–water partition coefficient (Wildman–Crippen LogP) is 10.2. The fourth-order valence-electron chi connectivity index (χ4n) is 3.50. The Kier molecular flexibility index (Phi) is 12.4. The van der Waals surface area contributed by atoms with E-state index in [2.05, 4.69) is 57.3 Å². The Morgan fingerprint density at radius 3 is 1.84 bits per heavy atom. The minimum atomic E-state index is 0.403. The van der Waals surface area contributed by atoms with Gasteiger partial charge in [0.05, 0.1) is 0 Å². The summed E-state index contributed by atoms with van der Waals surface area (Å²) in [5.41, 5.74) is 8.95. The molecule has 0 spiro atoms. The SMILES string of the molecule is C=C(C)c1cc(C)cc(OCc2ccccc2Cl)c1.C=C(C)c1ccc(C)cc1.CCc1ccccc1O. The van der Waals surface area contributed by atoms with Crippen LogP contribution in [0.4, 0.5) is 0 Å². The van der Waals surface area contributed by atoms with E-state index in [4.69, 9.17) is 21.4 Å². The van der Waals surface area contributed by atoms with E-state index >= 15 is 0 Å². The first kappa shape index (κ1) is 30.5. The smallest absolute Gasteiger partial charge is 0.120 e. The molecule has 4 aromatic carbocycles. The molecule has 3 heteroatoms. The lowest BCUT2D eigenvalue weighted by atomic mass is 10.1. The largest absolute Gasteiger partial charge is 0.508 e. The number of phenolic OH excluding ortho intramolecular Hbond substituents is 1. The van der Waals surface area contributed by atoms with Crippen LogP contribution in [0, 0.1) is 13.8 Å². The molecule has 0 bridgehead atoms. The van der Waals surface area contributed by atoms with E-state index < -0.39 is 0 Å². The molecular formula is C35H39ClO2. The van der Waals surface area contributed by atoms with E-state index in [0.29, 0.717) is 12.4 Å². The van der Waals surface area contributed by atoms with Crippen LogP contribution in [0.25, 0.3) is 11.1 Å². The monoisotopic (exact) mass is 526 g/mol. The lowest BCUT2D eigenvalue weighted by molar-refractivity contribution is 0.306. The molecule has 1 N–H and O–H groups in total. The number of rotatable bonds is 6. The number of halogens is 1. The van der Waals surface area contributed by atoms with Crippen LogP contribution in [0.3, 0.4) is 0 Å². The molecule has 198 valence electrons. The van der Waals surface area contributed by atoms with Gasteiger partial charge in [0, 0.05) is 10.6 Å². The van der Waals surface area contributed by atoms with E-state index in [1.165, 1.54) is 11.1 Å². The summed E-state index contributed by atoms with van der Waals surface area (Å²) in [5, 5.41) is 9.84. The molecule has 0 heterocycles. The third-order valence-electron chi connectivity index (χ3n) is 5.81. The van der Waals surface area contributed by atoms with E-state index in [1.807, 2.05) is 75.4 Å². The van der Waals surface area contributed by atoms with Gasteiger partial charge in [-0.3, -0.25) is 0 Å². The van der Waals surface area contributed by atoms with Crippen LogP contribution in [0.1, 0.15) is 54.2 Å². The summed E-state index contributed by atoms with van der Waals surface area (Å²) in [6.45, 7) is 18.5. The van der Waals surface area contributed by atoms with Gasteiger partial charge in [0.15, 0.2) is 0 Å². The Labute approximate surface area is 233 Å². The van der Waals surface area contributed by atoms with E-state index in [9.17, 15) is 0 Å². The van der Waals surface area contributed by atoms with Crippen molar-refractivity contribution in [1.29, 1.82) is 0 Å². The van der Waals surface area contributed by atoms with Crippen LogP contribution in [0.2, 0.25) is 5.02 Å². The number of ether oxygens (including phenoxy) is 1. The molecule has 0 saturated heterocycles. The topological polar surface area (TPSA) is 29.5 Å². The summed E-state index contributed by atoms with van der Waals surface area (Å²) >= 11 is 6.11. The lowest BCUT2D eigenvalue weighted by Crippen LogP contribution is -1.97. The number of allylic oxidation sites excluding steroid dienone is 2. The molecule has 0 fully saturated rings. The van der Waals surface area contributed by atoms with Crippen LogP contribution in [0.15, 0.2) is 104 Å². The molecule has 0 aliphatic heterocycles. The Bertz CT molecular complexity index is 1340. The average molecular weight is 527 g/mol. The first-order chi connectivity index (χ1) is 18.1. The molecule has 0 atom stereocenters. The number of hydrogen-bond donors (Lipinski definition) is 1. The van der Waals surface area contributed by atoms with Gasteiger partial charge in [0.25, 0.3) is 0 Å². The molecule has 4 rings (SSSR count). The molecule has 0 saturated carbocycles.